The minimum absolute atomic E-state index is 0.0222. The first-order valence-electron chi connectivity index (χ1n) is 10.7. The Morgan fingerprint density at radius 2 is 1.33 bits per heavy atom. The Bertz CT molecular complexity index is 930. The number of amidine groups is 1. The van der Waals surface area contributed by atoms with E-state index in [-0.39, 0.29) is 12.4 Å². The van der Waals surface area contributed by atoms with Crippen LogP contribution in [0.5, 0.6) is 0 Å². The Morgan fingerprint density at radius 3 is 1.82 bits per heavy atom. The molecule has 178 valence electrons. The van der Waals surface area contributed by atoms with Gasteiger partial charge in [0.25, 0.3) is 0 Å². The number of nitrogens with zero attached hydrogens (tertiary/aromatic N) is 2. The Hall–Kier alpha value is -3.55. The molecule has 2 aromatic rings. The SMILES string of the molecule is CC(C)(C)OC(=O)N(Cc1ccc(C(N)=NOCc2ccccc2)cc1)C(=O)OC(C)(C)C. The lowest BCUT2D eigenvalue weighted by atomic mass is 10.1. The number of nitrogens with two attached hydrogens (primary N) is 1. The average Bonchev–Trinajstić information content (AvgIpc) is 2.70. The Labute approximate surface area is 195 Å². The fourth-order valence-electron chi connectivity index (χ4n) is 2.60. The second-order valence-corrected chi connectivity index (χ2v) is 9.48. The number of hydrogen-bond donors (Lipinski definition) is 1. The maximum absolute atomic E-state index is 12.6. The topological polar surface area (TPSA) is 103 Å². The Kier molecular flexibility index (Phi) is 8.45. The molecule has 2 amide bonds. The van der Waals surface area contributed by atoms with E-state index < -0.39 is 23.4 Å². The van der Waals surface area contributed by atoms with E-state index in [9.17, 15) is 9.59 Å². The van der Waals surface area contributed by atoms with Crippen molar-refractivity contribution in [3.63, 3.8) is 0 Å². The van der Waals surface area contributed by atoms with Gasteiger partial charge >= 0.3 is 12.2 Å². The van der Waals surface area contributed by atoms with Crippen LogP contribution in [0.25, 0.3) is 0 Å². The highest BCUT2D eigenvalue weighted by atomic mass is 16.6. The number of oxime groups is 1. The minimum Gasteiger partial charge on any atom is -0.443 e. The number of benzene rings is 2. The van der Waals surface area contributed by atoms with Gasteiger partial charge in [0.15, 0.2) is 5.84 Å². The number of ether oxygens (including phenoxy) is 2. The van der Waals surface area contributed by atoms with Crippen molar-refractivity contribution < 1.29 is 23.9 Å². The first kappa shape index (κ1) is 25.7. The third-order valence-corrected chi connectivity index (χ3v) is 4.06. The van der Waals surface area contributed by atoms with Gasteiger partial charge in [0.05, 0.1) is 6.54 Å². The van der Waals surface area contributed by atoms with E-state index in [1.165, 1.54) is 0 Å². The molecule has 0 unspecified atom stereocenters. The molecule has 0 radical (unpaired) electrons. The van der Waals surface area contributed by atoms with Crippen LogP contribution in [0, 0.1) is 0 Å². The van der Waals surface area contributed by atoms with Crippen molar-refractivity contribution in [1.82, 2.24) is 4.90 Å². The summed E-state index contributed by atoms with van der Waals surface area (Å²) < 4.78 is 10.8. The van der Waals surface area contributed by atoms with Gasteiger partial charge in [-0.1, -0.05) is 59.8 Å². The first-order valence-corrected chi connectivity index (χ1v) is 10.7. The molecule has 8 nitrogen and oxygen atoms in total. The van der Waals surface area contributed by atoms with Crippen LogP contribution in [-0.2, 0) is 27.5 Å². The lowest BCUT2D eigenvalue weighted by molar-refractivity contribution is -0.000248. The molecule has 0 heterocycles. The summed E-state index contributed by atoms with van der Waals surface area (Å²) in [6.45, 7) is 10.7. The third kappa shape index (κ3) is 9.22. The molecule has 2 rings (SSSR count). The molecule has 8 heteroatoms. The van der Waals surface area contributed by atoms with Gasteiger partial charge in [-0.25, -0.2) is 14.5 Å². The highest BCUT2D eigenvalue weighted by molar-refractivity contribution is 5.97. The molecule has 2 aromatic carbocycles. The van der Waals surface area contributed by atoms with E-state index >= 15 is 0 Å². The Balaban J connectivity index is 2.09. The van der Waals surface area contributed by atoms with Crippen LogP contribution in [0.1, 0.15) is 58.2 Å². The van der Waals surface area contributed by atoms with E-state index in [1.807, 2.05) is 30.3 Å². The van der Waals surface area contributed by atoms with Crippen molar-refractivity contribution in [2.45, 2.75) is 65.9 Å². The summed E-state index contributed by atoms with van der Waals surface area (Å²) in [4.78, 5) is 31.6. The molecule has 0 saturated carbocycles. The van der Waals surface area contributed by atoms with Gasteiger partial charge in [-0.2, -0.15) is 0 Å². The first-order chi connectivity index (χ1) is 15.3. The van der Waals surface area contributed by atoms with E-state index in [1.54, 1.807) is 65.8 Å². The molecule has 0 aliphatic heterocycles. The predicted octanol–water partition coefficient (Wildman–Crippen LogP) is 5.20. The average molecular weight is 456 g/mol. The van der Waals surface area contributed by atoms with Crippen LogP contribution in [0.2, 0.25) is 0 Å². The van der Waals surface area contributed by atoms with Crippen LogP contribution in [0.3, 0.4) is 0 Å². The summed E-state index contributed by atoms with van der Waals surface area (Å²) in [7, 11) is 0. The fraction of sp³-hybridized carbons (Fsp3) is 0.400. The maximum Gasteiger partial charge on any atom is 0.420 e. The van der Waals surface area contributed by atoms with E-state index in [0.717, 1.165) is 10.5 Å². The molecular formula is C25H33N3O5. The monoisotopic (exact) mass is 455 g/mol. The van der Waals surface area contributed by atoms with E-state index in [0.29, 0.717) is 17.7 Å². The fourth-order valence-corrected chi connectivity index (χ4v) is 2.60. The van der Waals surface area contributed by atoms with E-state index in [2.05, 4.69) is 5.16 Å². The van der Waals surface area contributed by atoms with Crippen molar-refractivity contribution in [2.75, 3.05) is 0 Å². The number of amides is 2. The third-order valence-electron chi connectivity index (χ3n) is 4.06. The lowest BCUT2D eigenvalue weighted by Gasteiger charge is -2.28. The van der Waals surface area contributed by atoms with Gasteiger partial charge in [0.1, 0.15) is 17.8 Å². The maximum atomic E-state index is 12.6. The quantitative estimate of drug-likeness (QED) is 0.365. The summed E-state index contributed by atoms with van der Waals surface area (Å²) >= 11 is 0. The molecule has 0 aromatic heterocycles. The number of imide groups is 1. The molecule has 33 heavy (non-hydrogen) atoms. The Morgan fingerprint density at radius 1 is 0.818 bits per heavy atom. The second-order valence-electron chi connectivity index (χ2n) is 9.48. The number of hydrogen-bond acceptors (Lipinski definition) is 6. The van der Waals surface area contributed by atoms with Gasteiger partial charge < -0.3 is 20.0 Å². The van der Waals surface area contributed by atoms with Gasteiger partial charge in [-0.15, -0.1) is 0 Å². The normalized spacial score (nSPS) is 12.1. The van der Waals surface area contributed by atoms with Crippen molar-refractivity contribution in [3.8, 4) is 0 Å². The van der Waals surface area contributed by atoms with E-state index in [4.69, 9.17) is 20.0 Å². The zero-order valence-electron chi connectivity index (χ0n) is 20.1. The minimum atomic E-state index is -0.781. The highest BCUT2D eigenvalue weighted by Gasteiger charge is 2.31. The molecule has 0 bridgehead atoms. The van der Waals surface area contributed by atoms with Gasteiger partial charge in [0.2, 0.25) is 0 Å². The van der Waals surface area contributed by atoms with Crippen LogP contribution in [0.4, 0.5) is 9.59 Å². The number of rotatable bonds is 6. The molecule has 0 saturated heterocycles. The van der Waals surface area contributed by atoms with Crippen LogP contribution in [0.15, 0.2) is 59.8 Å². The summed E-state index contributed by atoms with van der Waals surface area (Å²) in [5.74, 6) is 0.216. The van der Waals surface area contributed by atoms with Crippen molar-refractivity contribution >= 4 is 18.0 Å². The molecule has 0 atom stereocenters. The molecule has 0 spiro atoms. The van der Waals surface area contributed by atoms with Gasteiger partial charge in [0, 0.05) is 5.56 Å². The molecular weight excluding hydrogens is 422 g/mol. The lowest BCUT2D eigenvalue weighted by Crippen LogP contribution is -2.43. The predicted molar refractivity (Wildman–Crippen MR) is 126 cm³/mol. The summed E-state index contributed by atoms with van der Waals surface area (Å²) in [5.41, 5.74) is 6.81. The summed E-state index contributed by atoms with van der Waals surface area (Å²) in [6.07, 6.45) is -1.56. The molecule has 2 N–H and O–H groups in total. The van der Waals surface area contributed by atoms with Crippen LogP contribution < -0.4 is 5.73 Å². The molecule has 0 fully saturated rings. The zero-order valence-corrected chi connectivity index (χ0v) is 20.1. The van der Waals surface area contributed by atoms with Gasteiger partial charge in [-0.05, 0) is 52.7 Å². The zero-order chi connectivity index (χ0) is 24.6. The summed E-state index contributed by atoms with van der Waals surface area (Å²) in [5, 5.41) is 3.95. The molecule has 0 aliphatic rings. The highest BCUT2D eigenvalue weighted by Crippen LogP contribution is 2.17. The second kappa shape index (κ2) is 10.8. The summed E-state index contributed by atoms with van der Waals surface area (Å²) in [6, 6.07) is 16.6. The van der Waals surface area contributed by atoms with Crippen LogP contribution in [-0.4, -0.2) is 34.1 Å². The van der Waals surface area contributed by atoms with Crippen molar-refractivity contribution in [2.24, 2.45) is 10.9 Å². The number of carbonyl (C=O) groups is 2. The van der Waals surface area contributed by atoms with Crippen molar-refractivity contribution in [1.29, 1.82) is 0 Å². The molecule has 0 aliphatic carbocycles. The largest absolute Gasteiger partial charge is 0.443 e. The standard InChI is InChI=1S/C25H33N3O5/c1-24(2,3)32-22(29)28(23(30)33-25(4,5)6)16-18-12-14-20(15-13-18)21(26)27-31-17-19-10-8-7-9-11-19/h7-15H,16-17H2,1-6H3,(H2,26,27). The smallest absolute Gasteiger partial charge is 0.420 e. The van der Waals surface area contributed by atoms with Crippen molar-refractivity contribution in [3.05, 3.63) is 71.3 Å². The van der Waals surface area contributed by atoms with Gasteiger partial charge in [-0.3, -0.25) is 0 Å². The van der Waals surface area contributed by atoms with Crippen LogP contribution >= 0.6 is 0 Å². The number of carbonyl (C=O) groups excluding carboxylic acids is 2.